The maximum absolute atomic E-state index is 6.04. The summed E-state index contributed by atoms with van der Waals surface area (Å²) in [6, 6.07) is 9.29. The zero-order valence-corrected chi connectivity index (χ0v) is 13.9. The maximum atomic E-state index is 6.04. The number of likely N-dealkylation sites (tertiary alicyclic amines) is 1. The molecule has 2 aliphatic heterocycles. The largest absolute Gasteiger partial charge is 0.379 e. The van der Waals surface area contributed by atoms with Crippen molar-refractivity contribution < 1.29 is 4.74 Å². The van der Waals surface area contributed by atoms with E-state index in [0.717, 1.165) is 37.4 Å². The van der Waals surface area contributed by atoms with E-state index >= 15 is 0 Å². The van der Waals surface area contributed by atoms with Crippen LogP contribution in [0.1, 0.15) is 31.2 Å². The lowest BCUT2D eigenvalue weighted by Gasteiger charge is -2.43. The van der Waals surface area contributed by atoms with Gasteiger partial charge in [-0.2, -0.15) is 0 Å². The highest BCUT2D eigenvalue weighted by molar-refractivity contribution is 6.30. The van der Waals surface area contributed by atoms with Gasteiger partial charge < -0.3 is 4.74 Å². The molecule has 120 valence electrons. The highest BCUT2D eigenvalue weighted by Crippen LogP contribution is 2.52. The Labute approximate surface area is 138 Å². The van der Waals surface area contributed by atoms with E-state index in [4.69, 9.17) is 16.3 Å². The predicted molar refractivity (Wildman–Crippen MR) is 89.4 cm³/mol. The summed E-state index contributed by atoms with van der Waals surface area (Å²) in [5, 5.41) is 0.838. The van der Waals surface area contributed by atoms with Crippen molar-refractivity contribution in [1.29, 1.82) is 0 Å². The Bertz CT molecular complexity index is 500. The first-order chi connectivity index (χ1) is 10.8. The first kappa shape index (κ1) is 14.9. The smallest absolute Gasteiger partial charge is 0.0594 e. The van der Waals surface area contributed by atoms with Crippen LogP contribution in [0.4, 0.5) is 0 Å². The van der Waals surface area contributed by atoms with E-state index in [1.54, 1.807) is 0 Å². The van der Waals surface area contributed by atoms with Crippen LogP contribution in [0.15, 0.2) is 24.3 Å². The van der Waals surface area contributed by atoms with Gasteiger partial charge in [0.2, 0.25) is 0 Å². The summed E-state index contributed by atoms with van der Waals surface area (Å²) >= 11 is 6.04. The molecule has 3 aliphatic rings. The molecule has 0 unspecified atom stereocenters. The topological polar surface area (TPSA) is 15.7 Å². The second kappa shape index (κ2) is 6.12. The molecule has 2 saturated heterocycles. The molecule has 22 heavy (non-hydrogen) atoms. The number of ether oxygens (including phenoxy) is 1. The van der Waals surface area contributed by atoms with Gasteiger partial charge in [0.05, 0.1) is 13.2 Å². The van der Waals surface area contributed by atoms with Gasteiger partial charge in [-0.05, 0) is 43.4 Å². The third kappa shape index (κ3) is 2.80. The van der Waals surface area contributed by atoms with Crippen molar-refractivity contribution in [1.82, 2.24) is 9.80 Å². The first-order valence-corrected chi connectivity index (χ1v) is 8.99. The highest BCUT2D eigenvalue weighted by atomic mass is 35.5. The van der Waals surface area contributed by atoms with E-state index < -0.39 is 0 Å². The Kier molecular flexibility index (Phi) is 4.16. The van der Waals surface area contributed by atoms with E-state index in [-0.39, 0.29) is 0 Å². The molecule has 4 rings (SSSR count). The summed E-state index contributed by atoms with van der Waals surface area (Å²) in [5.41, 5.74) is 1.78. The fraction of sp³-hybridized carbons (Fsp3) is 0.667. The molecule has 0 aromatic heterocycles. The van der Waals surface area contributed by atoms with E-state index in [0.29, 0.717) is 5.54 Å². The minimum absolute atomic E-state index is 0.320. The first-order valence-electron chi connectivity index (χ1n) is 8.61. The van der Waals surface area contributed by atoms with Crippen molar-refractivity contribution in [3.63, 3.8) is 0 Å². The average molecular weight is 321 g/mol. The molecule has 4 heteroatoms. The number of halogens is 1. The Morgan fingerprint density at radius 3 is 2.18 bits per heavy atom. The quantitative estimate of drug-likeness (QED) is 0.851. The van der Waals surface area contributed by atoms with Crippen LogP contribution in [0.3, 0.4) is 0 Å². The van der Waals surface area contributed by atoms with Gasteiger partial charge in [-0.1, -0.05) is 23.7 Å². The molecule has 0 spiro atoms. The van der Waals surface area contributed by atoms with Gasteiger partial charge >= 0.3 is 0 Å². The molecule has 0 N–H and O–H groups in total. The minimum Gasteiger partial charge on any atom is -0.379 e. The van der Waals surface area contributed by atoms with Crippen LogP contribution in [0.2, 0.25) is 5.02 Å². The van der Waals surface area contributed by atoms with E-state index in [1.165, 1.54) is 44.3 Å². The number of hydrogen-bond acceptors (Lipinski definition) is 3. The summed E-state index contributed by atoms with van der Waals surface area (Å²) in [7, 11) is 0. The molecule has 0 bridgehead atoms. The molecule has 2 heterocycles. The molecule has 3 nitrogen and oxygen atoms in total. The Balaban J connectivity index is 1.39. The normalized spacial score (nSPS) is 27.0. The van der Waals surface area contributed by atoms with Gasteiger partial charge in [-0.15, -0.1) is 0 Å². The number of nitrogens with zero attached hydrogens (tertiary/aromatic N) is 2. The highest BCUT2D eigenvalue weighted by Gasteiger charge is 2.50. The number of rotatable bonds is 3. The van der Waals surface area contributed by atoms with Crippen molar-refractivity contribution in [2.24, 2.45) is 0 Å². The molecular weight excluding hydrogens is 296 g/mol. The molecule has 1 aromatic rings. The minimum atomic E-state index is 0.320. The van der Waals surface area contributed by atoms with Gasteiger partial charge in [0, 0.05) is 42.8 Å². The Hall–Kier alpha value is -0.610. The van der Waals surface area contributed by atoms with Crippen LogP contribution in [-0.4, -0.2) is 55.2 Å². The summed E-state index contributed by atoms with van der Waals surface area (Å²) in [6.45, 7) is 6.51. The van der Waals surface area contributed by atoms with Gasteiger partial charge in [0.25, 0.3) is 0 Å². The fourth-order valence-electron chi connectivity index (χ4n) is 4.27. The summed E-state index contributed by atoms with van der Waals surface area (Å²) < 4.78 is 5.48. The van der Waals surface area contributed by atoms with E-state index in [9.17, 15) is 0 Å². The van der Waals surface area contributed by atoms with Crippen molar-refractivity contribution in [2.75, 3.05) is 39.4 Å². The second-order valence-electron chi connectivity index (χ2n) is 6.91. The second-order valence-corrected chi connectivity index (χ2v) is 7.34. The van der Waals surface area contributed by atoms with Crippen LogP contribution >= 0.6 is 11.6 Å². The lowest BCUT2D eigenvalue weighted by molar-refractivity contribution is -0.00537. The average Bonchev–Trinajstić information content (AvgIpc) is 3.38. The van der Waals surface area contributed by atoms with Crippen LogP contribution in [0, 0.1) is 0 Å². The third-order valence-electron chi connectivity index (χ3n) is 5.74. The maximum Gasteiger partial charge on any atom is 0.0594 e. The van der Waals surface area contributed by atoms with Crippen LogP contribution < -0.4 is 0 Å². The number of morpholine rings is 1. The zero-order valence-electron chi connectivity index (χ0n) is 13.1. The van der Waals surface area contributed by atoms with Gasteiger partial charge in [0.15, 0.2) is 0 Å². The molecule has 0 radical (unpaired) electrons. The fourth-order valence-corrected chi connectivity index (χ4v) is 4.39. The molecule has 3 fully saturated rings. The summed E-state index contributed by atoms with van der Waals surface area (Å²) in [4.78, 5) is 5.37. The lowest BCUT2D eigenvalue weighted by Crippen LogP contribution is -2.51. The van der Waals surface area contributed by atoms with Crippen molar-refractivity contribution in [2.45, 2.75) is 37.3 Å². The van der Waals surface area contributed by atoms with Crippen LogP contribution in [-0.2, 0) is 10.3 Å². The summed E-state index contributed by atoms with van der Waals surface area (Å²) in [5.74, 6) is 0. The summed E-state index contributed by atoms with van der Waals surface area (Å²) in [6.07, 6.45) is 5.21. The van der Waals surface area contributed by atoms with E-state index in [1.807, 2.05) is 12.1 Å². The zero-order chi connectivity index (χ0) is 15.0. The third-order valence-corrected chi connectivity index (χ3v) is 5.99. The van der Waals surface area contributed by atoms with Gasteiger partial charge in [-0.25, -0.2) is 0 Å². The number of hydrogen-bond donors (Lipinski definition) is 0. The molecule has 0 amide bonds. The molecule has 0 atom stereocenters. The Morgan fingerprint density at radius 2 is 1.59 bits per heavy atom. The van der Waals surface area contributed by atoms with Crippen molar-refractivity contribution >= 4 is 11.6 Å². The SMILES string of the molecule is Clc1ccc(C2(N3CCC(N4CCOCC4)CC3)CC2)cc1. The van der Waals surface area contributed by atoms with Gasteiger partial charge in [0.1, 0.15) is 0 Å². The van der Waals surface area contributed by atoms with E-state index in [2.05, 4.69) is 21.9 Å². The molecule has 1 aromatic carbocycles. The van der Waals surface area contributed by atoms with Crippen LogP contribution in [0.25, 0.3) is 0 Å². The lowest BCUT2D eigenvalue weighted by atomic mass is 9.96. The Morgan fingerprint density at radius 1 is 0.955 bits per heavy atom. The standard InChI is InChI=1S/C18H25ClN2O/c19-16-3-1-15(2-4-16)18(7-8-18)21-9-5-17(6-10-21)20-11-13-22-14-12-20/h1-4,17H,5-14H2. The van der Waals surface area contributed by atoms with Crippen molar-refractivity contribution in [3.05, 3.63) is 34.9 Å². The van der Waals surface area contributed by atoms with Crippen LogP contribution in [0.5, 0.6) is 0 Å². The van der Waals surface area contributed by atoms with Crippen molar-refractivity contribution in [3.8, 4) is 0 Å². The number of piperidine rings is 1. The number of benzene rings is 1. The molecular formula is C18H25ClN2O. The molecule has 1 saturated carbocycles. The predicted octanol–water partition coefficient (Wildman–Crippen LogP) is 3.13. The molecule has 1 aliphatic carbocycles. The monoisotopic (exact) mass is 320 g/mol. The van der Waals surface area contributed by atoms with Gasteiger partial charge in [-0.3, -0.25) is 9.80 Å².